The lowest BCUT2D eigenvalue weighted by atomic mass is 9.68. The van der Waals surface area contributed by atoms with Gasteiger partial charge in [-0.3, -0.25) is 9.59 Å². The van der Waals surface area contributed by atoms with Crippen LogP contribution in [-0.4, -0.2) is 66.2 Å². The monoisotopic (exact) mass is 547 g/mol. The van der Waals surface area contributed by atoms with E-state index < -0.39 is 17.6 Å². The van der Waals surface area contributed by atoms with Gasteiger partial charge < -0.3 is 20.6 Å². The van der Waals surface area contributed by atoms with Crippen LogP contribution in [0.3, 0.4) is 0 Å². The van der Waals surface area contributed by atoms with E-state index in [1.165, 1.54) is 12.1 Å². The van der Waals surface area contributed by atoms with Crippen LogP contribution in [0.4, 0.5) is 17.6 Å². The Hall–Kier alpha value is -3.91. The van der Waals surface area contributed by atoms with E-state index in [4.69, 9.17) is 9.90 Å². The molecule has 2 atom stereocenters. The van der Waals surface area contributed by atoms with Gasteiger partial charge in [0.2, 0.25) is 5.91 Å². The summed E-state index contributed by atoms with van der Waals surface area (Å²) in [5.41, 5.74) is 1.38. The molecule has 0 aromatic heterocycles. The topological polar surface area (TPSA) is 98.7 Å². The lowest BCUT2D eigenvalue weighted by Crippen LogP contribution is -2.49. The Kier molecular flexibility index (Phi) is 9.70. The van der Waals surface area contributed by atoms with E-state index in [2.05, 4.69) is 27.4 Å². The molecule has 2 aromatic carbocycles. The molecule has 2 aliphatic heterocycles. The highest BCUT2D eigenvalue weighted by Gasteiger charge is 2.51. The van der Waals surface area contributed by atoms with Gasteiger partial charge in [-0.1, -0.05) is 36.3 Å². The lowest BCUT2D eigenvalue weighted by molar-refractivity contribution is -0.192. The summed E-state index contributed by atoms with van der Waals surface area (Å²) in [6.45, 7) is 4.83. The first-order chi connectivity index (χ1) is 18.4. The summed E-state index contributed by atoms with van der Waals surface area (Å²) in [5.74, 6) is 2.36. The predicted molar refractivity (Wildman–Crippen MR) is 135 cm³/mol. The number of halogens is 4. The minimum absolute atomic E-state index is 0.0491. The molecular weight excluding hydrogens is 518 g/mol. The Morgan fingerprint density at radius 2 is 1.72 bits per heavy atom. The van der Waals surface area contributed by atoms with Gasteiger partial charge in [0, 0.05) is 36.5 Å². The Labute approximate surface area is 223 Å². The number of aliphatic carboxylic acids is 1. The Morgan fingerprint density at radius 1 is 1.13 bits per heavy atom. The average Bonchev–Trinajstić information content (AvgIpc) is 3.20. The maximum Gasteiger partial charge on any atom is 0.490 e. The number of carbonyl (C=O) groups excluding carboxylic acids is 2. The minimum Gasteiger partial charge on any atom is -0.475 e. The van der Waals surface area contributed by atoms with Gasteiger partial charge in [-0.25, -0.2) is 9.18 Å². The second-order valence-electron chi connectivity index (χ2n) is 9.56. The van der Waals surface area contributed by atoms with Crippen molar-refractivity contribution in [1.29, 1.82) is 0 Å². The van der Waals surface area contributed by atoms with Crippen molar-refractivity contribution in [1.82, 2.24) is 15.5 Å². The number of nitrogens with zero attached hydrogens (tertiary/aromatic N) is 1. The highest BCUT2D eigenvalue weighted by molar-refractivity contribution is 5.94. The zero-order valence-electron chi connectivity index (χ0n) is 21.2. The average molecular weight is 548 g/mol. The highest BCUT2D eigenvalue weighted by atomic mass is 19.4. The van der Waals surface area contributed by atoms with Crippen LogP contribution in [-0.2, 0) is 14.4 Å². The van der Waals surface area contributed by atoms with Gasteiger partial charge in [-0.15, -0.1) is 0 Å². The van der Waals surface area contributed by atoms with Gasteiger partial charge in [-0.2, -0.15) is 13.2 Å². The number of likely N-dealkylation sites (tertiary alicyclic amines) is 1. The van der Waals surface area contributed by atoms with Crippen molar-refractivity contribution in [2.45, 2.75) is 37.9 Å². The fourth-order valence-corrected chi connectivity index (χ4v) is 4.91. The molecule has 208 valence electrons. The number of hydrogen-bond donors (Lipinski definition) is 3. The van der Waals surface area contributed by atoms with E-state index in [0.717, 1.165) is 37.1 Å². The van der Waals surface area contributed by atoms with Crippen LogP contribution >= 0.6 is 0 Å². The molecule has 4 rings (SSSR count). The Balaban J connectivity index is 0.000000532. The Morgan fingerprint density at radius 3 is 2.28 bits per heavy atom. The first-order valence-electron chi connectivity index (χ1n) is 12.3. The van der Waals surface area contributed by atoms with Crippen LogP contribution in [0.5, 0.6) is 0 Å². The highest BCUT2D eigenvalue weighted by Crippen LogP contribution is 2.47. The molecule has 1 spiro atoms. The van der Waals surface area contributed by atoms with Gasteiger partial charge in [0.15, 0.2) is 0 Å². The number of nitrogens with one attached hydrogen (secondary N) is 2. The molecular formula is C28H29F4N3O4. The summed E-state index contributed by atoms with van der Waals surface area (Å²) in [6.07, 6.45) is -3.59. The number of piperidine rings is 1. The Bertz CT molecular complexity index is 1220. The fourth-order valence-electron chi connectivity index (χ4n) is 4.91. The van der Waals surface area contributed by atoms with E-state index in [-0.39, 0.29) is 29.6 Å². The third-order valence-corrected chi connectivity index (χ3v) is 6.85. The smallest absolute Gasteiger partial charge is 0.475 e. The van der Waals surface area contributed by atoms with Crippen molar-refractivity contribution < 1.29 is 37.1 Å². The molecule has 0 radical (unpaired) electrons. The standard InChI is InChI=1S/C26H28FN3O2.C2HF3O2/c1-19(29-24(31)12-7-20-5-3-2-4-6-20)18-30-15-13-26(14-16-30)23(17-28-25(26)32)21-8-10-22(27)11-9-21;3-2(4,5)1(6)7/h2-6,8-11,19,23H,13-18H2,1H3,(H,28,32)(H,29,31);(H,6,7)/t19-,23+;/m0./s1. The van der Waals surface area contributed by atoms with Crippen LogP contribution in [0.25, 0.3) is 0 Å². The van der Waals surface area contributed by atoms with E-state index >= 15 is 0 Å². The van der Waals surface area contributed by atoms with Gasteiger partial charge in [0.25, 0.3) is 5.91 Å². The molecule has 2 fully saturated rings. The molecule has 7 nitrogen and oxygen atoms in total. The summed E-state index contributed by atoms with van der Waals surface area (Å²) in [7, 11) is 0. The summed E-state index contributed by atoms with van der Waals surface area (Å²) in [5, 5.41) is 13.1. The molecule has 0 bridgehead atoms. The lowest BCUT2D eigenvalue weighted by Gasteiger charge is -2.41. The summed E-state index contributed by atoms with van der Waals surface area (Å²) in [4.78, 5) is 36.1. The number of carboxylic acids is 1. The molecule has 39 heavy (non-hydrogen) atoms. The normalized spacial score (nSPS) is 19.1. The second-order valence-corrected chi connectivity index (χ2v) is 9.56. The number of rotatable bonds is 4. The molecule has 11 heteroatoms. The summed E-state index contributed by atoms with van der Waals surface area (Å²) < 4.78 is 45.1. The van der Waals surface area contributed by atoms with E-state index in [1.54, 1.807) is 12.1 Å². The van der Waals surface area contributed by atoms with Crippen LogP contribution in [0, 0.1) is 23.1 Å². The first kappa shape index (κ1) is 29.6. The fraction of sp³-hybridized carbons (Fsp3) is 0.393. The van der Waals surface area contributed by atoms with Gasteiger partial charge >= 0.3 is 12.1 Å². The third-order valence-electron chi connectivity index (χ3n) is 6.85. The molecule has 2 amide bonds. The third kappa shape index (κ3) is 8.04. The van der Waals surface area contributed by atoms with Gasteiger partial charge in [-0.05, 0) is 62.7 Å². The van der Waals surface area contributed by atoms with Crippen molar-refractivity contribution in [2.75, 3.05) is 26.2 Å². The van der Waals surface area contributed by atoms with Crippen molar-refractivity contribution in [2.24, 2.45) is 5.41 Å². The maximum absolute atomic E-state index is 13.4. The predicted octanol–water partition coefficient (Wildman–Crippen LogP) is 3.31. The summed E-state index contributed by atoms with van der Waals surface area (Å²) in [6, 6.07) is 15.9. The summed E-state index contributed by atoms with van der Waals surface area (Å²) >= 11 is 0. The number of carboxylic acid groups (broad SMARTS) is 1. The molecule has 0 unspecified atom stereocenters. The zero-order valence-corrected chi connectivity index (χ0v) is 21.2. The number of amides is 2. The van der Waals surface area contributed by atoms with E-state index in [9.17, 15) is 27.2 Å². The first-order valence-corrected chi connectivity index (χ1v) is 12.3. The van der Waals surface area contributed by atoms with Gasteiger partial charge in [0.05, 0.1) is 5.41 Å². The molecule has 2 heterocycles. The zero-order chi connectivity index (χ0) is 28.6. The SMILES string of the molecule is C[C@@H](CN1CCC2(CC1)C(=O)NC[C@@H]2c1ccc(F)cc1)NC(=O)C#Cc1ccccc1.O=C(O)C(F)(F)F. The van der Waals surface area contributed by atoms with Gasteiger partial charge in [0.1, 0.15) is 5.82 Å². The maximum atomic E-state index is 13.4. The quantitative estimate of drug-likeness (QED) is 0.403. The number of alkyl halides is 3. The van der Waals surface area contributed by atoms with E-state index in [0.29, 0.717) is 13.1 Å². The number of hydrogen-bond acceptors (Lipinski definition) is 4. The molecule has 2 aromatic rings. The molecule has 0 saturated carbocycles. The van der Waals surface area contributed by atoms with Crippen LogP contribution < -0.4 is 10.6 Å². The number of benzene rings is 2. The molecule has 2 aliphatic rings. The van der Waals surface area contributed by atoms with Crippen molar-refractivity contribution in [3.8, 4) is 11.8 Å². The largest absolute Gasteiger partial charge is 0.490 e. The second kappa shape index (κ2) is 12.8. The molecule has 0 aliphatic carbocycles. The number of carbonyl (C=O) groups is 3. The van der Waals surface area contributed by atoms with E-state index in [1.807, 2.05) is 37.3 Å². The van der Waals surface area contributed by atoms with Crippen molar-refractivity contribution in [3.63, 3.8) is 0 Å². The molecule has 2 saturated heterocycles. The van der Waals surface area contributed by atoms with Crippen LogP contribution in [0.15, 0.2) is 54.6 Å². The van der Waals surface area contributed by atoms with Crippen molar-refractivity contribution in [3.05, 3.63) is 71.5 Å². The van der Waals surface area contributed by atoms with Crippen LogP contribution in [0.2, 0.25) is 0 Å². The van der Waals surface area contributed by atoms with Crippen molar-refractivity contribution >= 4 is 17.8 Å². The molecule has 3 N–H and O–H groups in total. The minimum atomic E-state index is -5.08. The van der Waals surface area contributed by atoms with Crippen LogP contribution in [0.1, 0.15) is 36.8 Å².